The second kappa shape index (κ2) is 6.38. The number of pyridine rings is 1. The number of aromatic nitrogens is 1. The van der Waals surface area contributed by atoms with Crippen LogP contribution in [0.5, 0.6) is 0 Å². The van der Waals surface area contributed by atoms with E-state index < -0.39 is 17.3 Å². The molecule has 1 aromatic heterocycles. The monoisotopic (exact) mass is 309 g/mol. The third-order valence-electron chi connectivity index (χ3n) is 3.45. The van der Waals surface area contributed by atoms with E-state index in [0.29, 0.717) is 18.9 Å². The van der Waals surface area contributed by atoms with Crippen molar-refractivity contribution < 1.29 is 13.2 Å². The second-order valence-electron chi connectivity index (χ2n) is 5.16. The molecule has 0 spiro atoms. The van der Waals surface area contributed by atoms with Crippen molar-refractivity contribution in [3.8, 4) is 0 Å². The molecule has 2 aromatic rings. The Kier molecular flexibility index (Phi) is 4.74. The number of allylic oxidation sites excluding steroid dienone is 1. The minimum absolute atomic E-state index is 0.0683. The van der Waals surface area contributed by atoms with Crippen LogP contribution in [0.1, 0.15) is 37.8 Å². The molecule has 0 fully saturated rings. The van der Waals surface area contributed by atoms with E-state index in [9.17, 15) is 18.0 Å². The Balaban J connectivity index is 2.82. The molecule has 0 atom stereocenters. The zero-order chi connectivity index (χ0) is 16.3. The van der Waals surface area contributed by atoms with Gasteiger partial charge in [-0.2, -0.15) is 13.2 Å². The third-order valence-corrected chi connectivity index (χ3v) is 3.45. The highest BCUT2D eigenvalue weighted by atomic mass is 19.4. The minimum Gasteiger partial charge on any atom is -0.284 e. The summed E-state index contributed by atoms with van der Waals surface area (Å²) in [4.78, 5) is 12.0. The highest BCUT2D eigenvalue weighted by molar-refractivity contribution is 5.85. The van der Waals surface area contributed by atoms with E-state index in [0.717, 1.165) is 12.0 Å². The molecule has 0 N–H and O–H groups in total. The summed E-state index contributed by atoms with van der Waals surface area (Å²) in [5.74, 6) is 0. The van der Waals surface area contributed by atoms with E-state index in [2.05, 4.69) is 0 Å². The Morgan fingerprint density at radius 2 is 1.91 bits per heavy atom. The van der Waals surface area contributed by atoms with Crippen molar-refractivity contribution in [1.82, 2.24) is 4.57 Å². The van der Waals surface area contributed by atoms with Crippen LogP contribution in [0.3, 0.4) is 0 Å². The molecule has 0 unspecified atom stereocenters. The molecule has 118 valence electrons. The van der Waals surface area contributed by atoms with Crippen molar-refractivity contribution in [2.24, 2.45) is 0 Å². The molecule has 0 aliphatic heterocycles. The number of rotatable bonds is 4. The molecular weight excluding hydrogens is 291 g/mol. The summed E-state index contributed by atoms with van der Waals surface area (Å²) in [6, 6.07) is 5.59. The van der Waals surface area contributed by atoms with Crippen LogP contribution < -0.4 is 5.56 Å². The van der Waals surface area contributed by atoms with Crippen LogP contribution in [0.2, 0.25) is 0 Å². The van der Waals surface area contributed by atoms with Crippen LogP contribution in [0, 0.1) is 0 Å². The number of halogens is 3. The topological polar surface area (TPSA) is 22.0 Å². The van der Waals surface area contributed by atoms with E-state index in [1.165, 1.54) is 16.8 Å². The Bertz CT molecular complexity index is 757. The first kappa shape index (κ1) is 16.3. The van der Waals surface area contributed by atoms with Gasteiger partial charge in [-0.15, -0.1) is 0 Å². The second-order valence-corrected chi connectivity index (χ2v) is 5.16. The van der Waals surface area contributed by atoms with Crippen molar-refractivity contribution in [2.45, 2.75) is 39.3 Å². The normalized spacial score (nSPS) is 12.4. The van der Waals surface area contributed by atoms with Gasteiger partial charge in [-0.25, -0.2) is 0 Å². The van der Waals surface area contributed by atoms with Gasteiger partial charge in [0.25, 0.3) is 5.56 Å². The summed E-state index contributed by atoms with van der Waals surface area (Å²) in [6.45, 7) is 3.87. The van der Waals surface area contributed by atoms with Gasteiger partial charge in [0.2, 0.25) is 0 Å². The standard InChI is InChI=1S/C17H18F3NO/c1-3-5-9-21-15-8-7-12(6-4-2)10-13(15)14(11-16(21)22)17(18,19)20/h5,7-11H,3-4,6H2,1-2H3/b9-5-. The quantitative estimate of drug-likeness (QED) is 0.791. The fourth-order valence-electron chi connectivity index (χ4n) is 2.44. The predicted molar refractivity (Wildman–Crippen MR) is 82.8 cm³/mol. The fraction of sp³-hybridized carbons (Fsp3) is 0.353. The maximum absolute atomic E-state index is 13.2. The van der Waals surface area contributed by atoms with E-state index in [1.807, 2.05) is 13.8 Å². The average molecular weight is 309 g/mol. The van der Waals surface area contributed by atoms with Crippen LogP contribution >= 0.6 is 0 Å². The molecule has 2 nitrogen and oxygen atoms in total. The van der Waals surface area contributed by atoms with Crippen molar-refractivity contribution in [1.29, 1.82) is 0 Å². The smallest absolute Gasteiger partial charge is 0.284 e. The summed E-state index contributed by atoms with van der Waals surface area (Å²) in [5.41, 5.74) is -0.422. The summed E-state index contributed by atoms with van der Waals surface area (Å²) in [7, 11) is 0. The third kappa shape index (κ3) is 3.24. The number of benzene rings is 1. The molecule has 0 bridgehead atoms. The molecular formula is C17H18F3NO. The number of hydrogen-bond acceptors (Lipinski definition) is 1. The number of aryl methyl sites for hydroxylation is 1. The van der Waals surface area contributed by atoms with Gasteiger partial charge in [0.15, 0.2) is 0 Å². The minimum atomic E-state index is -4.55. The van der Waals surface area contributed by atoms with E-state index >= 15 is 0 Å². The van der Waals surface area contributed by atoms with Crippen LogP contribution in [0.15, 0.2) is 35.1 Å². The largest absolute Gasteiger partial charge is 0.417 e. The molecule has 0 saturated carbocycles. The molecule has 0 aliphatic carbocycles. The number of nitrogens with zero attached hydrogens (tertiary/aromatic N) is 1. The number of hydrogen-bond donors (Lipinski definition) is 0. The van der Waals surface area contributed by atoms with Crippen molar-refractivity contribution in [3.63, 3.8) is 0 Å². The maximum atomic E-state index is 13.2. The maximum Gasteiger partial charge on any atom is 0.417 e. The summed E-state index contributed by atoms with van der Waals surface area (Å²) in [5, 5.41) is 0.0683. The molecule has 0 saturated heterocycles. The Morgan fingerprint density at radius 3 is 2.50 bits per heavy atom. The van der Waals surface area contributed by atoms with E-state index in [1.54, 1.807) is 18.2 Å². The van der Waals surface area contributed by atoms with Crippen LogP contribution in [-0.4, -0.2) is 4.57 Å². The first-order valence-corrected chi connectivity index (χ1v) is 7.30. The lowest BCUT2D eigenvalue weighted by Gasteiger charge is -2.14. The summed E-state index contributed by atoms with van der Waals surface area (Å²) >= 11 is 0. The molecule has 2 rings (SSSR count). The van der Waals surface area contributed by atoms with E-state index in [-0.39, 0.29) is 10.9 Å². The Morgan fingerprint density at radius 1 is 1.18 bits per heavy atom. The van der Waals surface area contributed by atoms with Crippen LogP contribution in [-0.2, 0) is 12.6 Å². The summed E-state index contributed by atoms with van der Waals surface area (Å²) in [6.07, 6.45) is 0.983. The summed E-state index contributed by atoms with van der Waals surface area (Å²) < 4.78 is 41.0. The first-order chi connectivity index (χ1) is 10.4. The van der Waals surface area contributed by atoms with Gasteiger partial charge in [0, 0.05) is 17.7 Å². The van der Waals surface area contributed by atoms with Gasteiger partial charge < -0.3 is 0 Å². The van der Waals surface area contributed by atoms with E-state index in [4.69, 9.17) is 0 Å². The Hall–Kier alpha value is -2.04. The highest BCUT2D eigenvalue weighted by Crippen LogP contribution is 2.34. The van der Waals surface area contributed by atoms with Gasteiger partial charge in [-0.1, -0.05) is 32.4 Å². The van der Waals surface area contributed by atoms with Gasteiger partial charge in [0.1, 0.15) is 0 Å². The molecule has 1 heterocycles. The molecule has 22 heavy (non-hydrogen) atoms. The molecule has 1 aromatic carbocycles. The lowest BCUT2D eigenvalue weighted by atomic mass is 10.0. The Labute approximate surface area is 126 Å². The highest BCUT2D eigenvalue weighted by Gasteiger charge is 2.33. The zero-order valence-corrected chi connectivity index (χ0v) is 12.6. The zero-order valence-electron chi connectivity index (χ0n) is 12.6. The lowest BCUT2D eigenvalue weighted by molar-refractivity contribution is -0.136. The van der Waals surface area contributed by atoms with Crippen molar-refractivity contribution >= 4 is 17.1 Å². The van der Waals surface area contributed by atoms with Gasteiger partial charge in [-0.3, -0.25) is 9.36 Å². The molecule has 0 amide bonds. The predicted octanol–water partition coefficient (Wildman–Crippen LogP) is 4.85. The van der Waals surface area contributed by atoms with Gasteiger partial charge in [0.05, 0.1) is 11.1 Å². The van der Waals surface area contributed by atoms with Crippen LogP contribution in [0.25, 0.3) is 17.1 Å². The van der Waals surface area contributed by atoms with Crippen molar-refractivity contribution in [3.05, 3.63) is 51.8 Å². The first-order valence-electron chi connectivity index (χ1n) is 7.30. The SMILES string of the molecule is CC/C=C\n1c(=O)cc(C(F)(F)F)c2cc(CCC)ccc21. The average Bonchev–Trinajstić information content (AvgIpc) is 2.45. The lowest BCUT2D eigenvalue weighted by Crippen LogP contribution is -2.20. The molecule has 0 radical (unpaired) electrons. The fourth-order valence-corrected chi connectivity index (χ4v) is 2.44. The number of alkyl halides is 3. The van der Waals surface area contributed by atoms with Crippen molar-refractivity contribution in [2.75, 3.05) is 0 Å². The number of fused-ring (bicyclic) bond motifs is 1. The molecule has 0 aliphatic rings. The van der Waals surface area contributed by atoms with Crippen LogP contribution in [0.4, 0.5) is 13.2 Å². The van der Waals surface area contributed by atoms with Gasteiger partial charge in [-0.05, 0) is 30.5 Å². The molecule has 5 heteroatoms. The van der Waals surface area contributed by atoms with Gasteiger partial charge >= 0.3 is 6.18 Å².